The van der Waals surface area contributed by atoms with E-state index in [0.717, 1.165) is 11.4 Å². The maximum atomic E-state index is 3.53. The second-order valence-electron chi connectivity index (χ2n) is 2.29. The molecule has 1 N–H and O–H groups in total. The fourth-order valence-electron chi connectivity index (χ4n) is 0.782. The van der Waals surface area contributed by atoms with E-state index in [9.17, 15) is 0 Å². The summed E-state index contributed by atoms with van der Waals surface area (Å²) in [5.74, 6) is 0. The molecule has 1 nitrogen and oxygen atoms in total. The second-order valence-corrected chi connectivity index (χ2v) is 2.29. The number of para-hydroxylation sites is 1. The van der Waals surface area contributed by atoms with Gasteiger partial charge >= 0.3 is 0 Å². The van der Waals surface area contributed by atoms with Gasteiger partial charge in [-0.25, -0.2) is 0 Å². The molecule has 0 amide bonds. The molecule has 0 fully saturated rings. The Kier molecular flexibility index (Phi) is 2.53. The van der Waals surface area contributed by atoms with Crippen molar-refractivity contribution in [2.45, 2.75) is 6.92 Å². The van der Waals surface area contributed by atoms with E-state index in [1.54, 1.807) is 0 Å². The van der Waals surface area contributed by atoms with Gasteiger partial charge in [0.05, 0.1) is 5.70 Å². The lowest BCUT2D eigenvalue weighted by Gasteiger charge is -2.02. The lowest BCUT2D eigenvalue weighted by atomic mass is 10.3. The smallest absolute Gasteiger partial charge is 0.0544 e. The van der Waals surface area contributed by atoms with E-state index in [-0.39, 0.29) is 0 Å². The van der Waals surface area contributed by atoms with E-state index < -0.39 is 0 Å². The number of nitrogens with one attached hydrogen (secondary N) is 1. The van der Waals surface area contributed by atoms with Crippen molar-refractivity contribution in [3.8, 4) is 0 Å². The highest BCUT2D eigenvalue weighted by molar-refractivity contribution is 5.46. The van der Waals surface area contributed by atoms with Crippen LogP contribution in [0.3, 0.4) is 0 Å². The Morgan fingerprint density at radius 1 is 1.36 bits per heavy atom. The van der Waals surface area contributed by atoms with E-state index in [1.807, 2.05) is 37.3 Å². The van der Waals surface area contributed by atoms with Gasteiger partial charge in [-0.2, -0.15) is 0 Å². The van der Waals surface area contributed by atoms with Crippen molar-refractivity contribution in [2.24, 2.45) is 0 Å². The molecule has 0 atom stereocenters. The van der Waals surface area contributed by atoms with Crippen LogP contribution in [0.5, 0.6) is 0 Å². The zero-order chi connectivity index (χ0) is 8.10. The summed E-state index contributed by atoms with van der Waals surface area (Å²) in [6.45, 7) is 5.46. The van der Waals surface area contributed by atoms with Crippen LogP contribution in [0.2, 0.25) is 0 Å². The molecule has 0 unspecified atom stereocenters. The molecule has 1 rings (SSSR count). The quantitative estimate of drug-likeness (QED) is 0.631. The van der Waals surface area contributed by atoms with Crippen LogP contribution < -0.4 is 5.32 Å². The van der Waals surface area contributed by atoms with Crippen LogP contribution in [0.4, 0.5) is 5.69 Å². The third kappa shape index (κ3) is 2.32. The molecule has 0 aliphatic rings. The summed E-state index contributed by atoms with van der Waals surface area (Å²) in [7, 11) is 0. The van der Waals surface area contributed by atoms with Crippen LogP contribution in [0.15, 0.2) is 48.3 Å². The third-order valence-electron chi connectivity index (χ3n) is 1.37. The normalized spacial score (nSPS) is 8.45. The van der Waals surface area contributed by atoms with E-state index in [0.29, 0.717) is 0 Å². The van der Waals surface area contributed by atoms with Crippen molar-refractivity contribution in [3.63, 3.8) is 0 Å². The first-order valence-corrected chi connectivity index (χ1v) is 3.51. The predicted octanol–water partition coefficient (Wildman–Crippen LogP) is 2.79. The summed E-state index contributed by atoms with van der Waals surface area (Å²) in [6, 6.07) is 9.96. The summed E-state index contributed by atoms with van der Waals surface area (Å²) >= 11 is 0. The minimum absolute atomic E-state index is 0.941. The van der Waals surface area contributed by atoms with Gasteiger partial charge in [0, 0.05) is 5.69 Å². The molecular formula is C10H11N. The first-order valence-electron chi connectivity index (χ1n) is 3.51. The van der Waals surface area contributed by atoms with E-state index in [4.69, 9.17) is 0 Å². The fraction of sp³-hybridized carbons (Fsp3) is 0.100. The van der Waals surface area contributed by atoms with E-state index >= 15 is 0 Å². The number of hydrogen-bond acceptors (Lipinski definition) is 1. The van der Waals surface area contributed by atoms with Gasteiger partial charge in [-0.3, -0.25) is 0 Å². The number of allylic oxidation sites excluding steroid dienone is 1. The van der Waals surface area contributed by atoms with Crippen molar-refractivity contribution in [3.05, 3.63) is 48.3 Å². The van der Waals surface area contributed by atoms with Crippen LogP contribution in [0, 0.1) is 0 Å². The van der Waals surface area contributed by atoms with Crippen LogP contribution in [-0.4, -0.2) is 0 Å². The summed E-state index contributed by atoms with van der Waals surface area (Å²) in [5.41, 5.74) is 4.78. The summed E-state index contributed by atoms with van der Waals surface area (Å²) in [4.78, 5) is 0. The Morgan fingerprint density at radius 2 is 2.00 bits per heavy atom. The summed E-state index contributed by atoms with van der Waals surface area (Å²) in [5, 5.41) is 3.13. The molecule has 0 saturated carbocycles. The molecule has 0 saturated heterocycles. The largest absolute Gasteiger partial charge is 0.353 e. The van der Waals surface area contributed by atoms with Gasteiger partial charge in [-0.1, -0.05) is 24.8 Å². The van der Waals surface area contributed by atoms with Crippen molar-refractivity contribution in [1.29, 1.82) is 0 Å². The van der Waals surface area contributed by atoms with E-state index in [1.165, 1.54) is 0 Å². The van der Waals surface area contributed by atoms with Crippen LogP contribution in [0.25, 0.3) is 0 Å². The Morgan fingerprint density at radius 3 is 2.55 bits per heavy atom. The van der Waals surface area contributed by atoms with Gasteiger partial charge in [0.25, 0.3) is 0 Å². The van der Waals surface area contributed by atoms with Gasteiger partial charge in [0.2, 0.25) is 0 Å². The maximum absolute atomic E-state index is 3.53. The van der Waals surface area contributed by atoms with Gasteiger partial charge in [0.15, 0.2) is 0 Å². The Bertz CT molecular complexity index is 268. The van der Waals surface area contributed by atoms with Crippen LogP contribution >= 0.6 is 0 Å². The molecule has 0 heterocycles. The van der Waals surface area contributed by atoms with Crippen LogP contribution in [0.1, 0.15) is 6.92 Å². The van der Waals surface area contributed by atoms with Crippen molar-refractivity contribution in [1.82, 2.24) is 0 Å². The number of hydrogen-bond donors (Lipinski definition) is 1. The van der Waals surface area contributed by atoms with Crippen molar-refractivity contribution < 1.29 is 0 Å². The van der Waals surface area contributed by atoms with Gasteiger partial charge < -0.3 is 5.32 Å². The molecule has 1 heteroatoms. The molecule has 0 spiro atoms. The van der Waals surface area contributed by atoms with E-state index in [2.05, 4.69) is 17.6 Å². The van der Waals surface area contributed by atoms with Crippen molar-refractivity contribution in [2.75, 3.05) is 5.32 Å². The zero-order valence-corrected chi connectivity index (χ0v) is 6.59. The SMILES string of the molecule is C=C=C(C)Nc1ccccc1. The molecule has 0 aliphatic carbocycles. The molecule has 0 aliphatic heterocycles. The second kappa shape index (κ2) is 3.65. The topological polar surface area (TPSA) is 12.0 Å². The standard InChI is InChI=1S/C10H11N/c1-3-9(2)11-10-7-5-4-6-8-10/h4-8,11H,1H2,2H3. The summed E-state index contributed by atoms with van der Waals surface area (Å²) in [6.07, 6.45) is 0. The molecule has 11 heavy (non-hydrogen) atoms. The Labute approximate surface area is 67.1 Å². The Balaban J connectivity index is 2.73. The summed E-state index contributed by atoms with van der Waals surface area (Å²) < 4.78 is 0. The fourth-order valence-corrected chi connectivity index (χ4v) is 0.782. The number of anilines is 1. The monoisotopic (exact) mass is 145 g/mol. The first kappa shape index (κ1) is 7.64. The van der Waals surface area contributed by atoms with Gasteiger partial charge in [-0.15, -0.1) is 5.73 Å². The lowest BCUT2D eigenvalue weighted by molar-refractivity contribution is 1.39. The number of benzene rings is 1. The highest BCUT2D eigenvalue weighted by atomic mass is 14.9. The minimum atomic E-state index is 0.941. The highest BCUT2D eigenvalue weighted by Gasteiger charge is 1.87. The zero-order valence-electron chi connectivity index (χ0n) is 6.59. The maximum Gasteiger partial charge on any atom is 0.0544 e. The molecular weight excluding hydrogens is 134 g/mol. The lowest BCUT2D eigenvalue weighted by Crippen LogP contribution is -1.92. The highest BCUT2D eigenvalue weighted by Crippen LogP contribution is 2.06. The molecule has 1 aromatic carbocycles. The molecule has 0 radical (unpaired) electrons. The minimum Gasteiger partial charge on any atom is -0.353 e. The van der Waals surface area contributed by atoms with Gasteiger partial charge in [-0.05, 0) is 19.1 Å². The predicted molar refractivity (Wildman–Crippen MR) is 48.4 cm³/mol. The molecule has 56 valence electrons. The van der Waals surface area contributed by atoms with Crippen molar-refractivity contribution >= 4 is 5.69 Å². The van der Waals surface area contributed by atoms with Gasteiger partial charge in [0.1, 0.15) is 0 Å². The number of rotatable bonds is 2. The molecule has 0 bridgehead atoms. The Hall–Kier alpha value is -1.46. The average Bonchev–Trinajstić information content (AvgIpc) is 2.06. The molecule has 1 aromatic rings. The van der Waals surface area contributed by atoms with Crippen LogP contribution in [-0.2, 0) is 0 Å². The third-order valence-corrected chi connectivity index (χ3v) is 1.37. The average molecular weight is 145 g/mol. The molecule has 0 aromatic heterocycles. The first-order chi connectivity index (χ1) is 5.33.